The summed E-state index contributed by atoms with van der Waals surface area (Å²) in [6.45, 7) is 3.39. The molecule has 1 aliphatic heterocycles. The lowest BCUT2D eigenvalue weighted by atomic mass is 9.87. The van der Waals surface area contributed by atoms with Crippen molar-refractivity contribution >= 4 is 11.8 Å². The van der Waals surface area contributed by atoms with Crippen molar-refractivity contribution in [2.75, 3.05) is 13.1 Å². The van der Waals surface area contributed by atoms with Gasteiger partial charge < -0.3 is 19.9 Å². The highest BCUT2D eigenvalue weighted by Gasteiger charge is 2.47. The van der Waals surface area contributed by atoms with Gasteiger partial charge in [0.25, 0.3) is 0 Å². The van der Waals surface area contributed by atoms with Gasteiger partial charge in [0.2, 0.25) is 17.7 Å². The van der Waals surface area contributed by atoms with Crippen LogP contribution < -0.4 is 15.4 Å². The molecule has 6 rings (SSSR count). The van der Waals surface area contributed by atoms with Crippen molar-refractivity contribution in [2.45, 2.75) is 70.4 Å². The van der Waals surface area contributed by atoms with E-state index in [1.54, 1.807) is 13.0 Å². The molecule has 2 N–H and O–H groups in total. The summed E-state index contributed by atoms with van der Waals surface area (Å²) in [6, 6.07) is 9.98. The van der Waals surface area contributed by atoms with Gasteiger partial charge in [0.15, 0.2) is 5.82 Å². The van der Waals surface area contributed by atoms with Gasteiger partial charge in [-0.15, -0.1) is 13.2 Å². The van der Waals surface area contributed by atoms with Gasteiger partial charge in [-0.2, -0.15) is 4.98 Å². The number of carbonyl (C=O) groups excluding carboxylic acids is 2. The number of nitrogens with zero attached hydrogens (tertiary/aromatic N) is 3. The van der Waals surface area contributed by atoms with E-state index in [9.17, 15) is 22.8 Å². The van der Waals surface area contributed by atoms with E-state index in [0.29, 0.717) is 43.2 Å². The second-order valence-corrected chi connectivity index (χ2v) is 11.3. The number of halogens is 3. The summed E-state index contributed by atoms with van der Waals surface area (Å²) in [7, 11) is 0. The minimum absolute atomic E-state index is 0.0119. The van der Waals surface area contributed by atoms with Crippen LogP contribution in [-0.2, 0) is 29.1 Å². The van der Waals surface area contributed by atoms with Crippen LogP contribution in [0.15, 0.2) is 40.9 Å². The first-order valence-electron chi connectivity index (χ1n) is 14.2. The molecule has 12 heteroatoms. The van der Waals surface area contributed by atoms with Crippen molar-refractivity contribution in [1.82, 2.24) is 25.7 Å². The molecule has 2 atom stereocenters. The predicted octanol–water partition coefficient (Wildman–Crippen LogP) is 4.39. The number of hydrogen-bond donors (Lipinski definition) is 2. The number of fused-ring (bicyclic) bond motifs is 1. The molecule has 2 amide bonds. The number of alkyl halides is 3. The topological polar surface area (TPSA) is 110 Å². The van der Waals surface area contributed by atoms with E-state index in [-0.39, 0.29) is 48.5 Å². The van der Waals surface area contributed by atoms with Gasteiger partial charge in [-0.05, 0) is 79.0 Å². The van der Waals surface area contributed by atoms with Gasteiger partial charge in [0.05, 0.1) is 18.4 Å². The van der Waals surface area contributed by atoms with Crippen molar-refractivity contribution in [3.63, 3.8) is 0 Å². The van der Waals surface area contributed by atoms with Crippen LogP contribution in [0.2, 0.25) is 0 Å². The number of amides is 2. The number of benzene rings is 2. The molecule has 2 aromatic carbocycles. The number of nitrogens with one attached hydrogen (secondary N) is 2. The molecule has 222 valence electrons. The summed E-state index contributed by atoms with van der Waals surface area (Å²) in [5, 5.41) is 9.93. The predicted molar refractivity (Wildman–Crippen MR) is 145 cm³/mol. The summed E-state index contributed by atoms with van der Waals surface area (Å²) in [4.78, 5) is 31.9. The highest BCUT2D eigenvalue weighted by Crippen LogP contribution is 2.47. The van der Waals surface area contributed by atoms with Crippen molar-refractivity contribution in [2.24, 2.45) is 5.92 Å². The zero-order valence-electron chi connectivity index (χ0n) is 23.2. The Morgan fingerprint density at radius 2 is 2.00 bits per heavy atom. The van der Waals surface area contributed by atoms with E-state index in [1.807, 2.05) is 12.1 Å². The van der Waals surface area contributed by atoms with Crippen LogP contribution in [0.5, 0.6) is 5.75 Å². The van der Waals surface area contributed by atoms with Crippen molar-refractivity contribution in [3.05, 3.63) is 64.8 Å². The molecule has 0 bridgehead atoms. The standard InChI is InChI=1S/C30H32F3N5O4/c1-17-35-29(42-37-17)25-13-24(25)28(40)34-14-19-8-9-22(18-4-2-7-21(12-18)41-30(31,32)33)23-10-11-38(15-26(19)23)16-27(39)36-20-5-3-6-20/h2,4,7-9,12,20,24-25H,3,5-6,10-11,13-16H2,1H3,(H,34,40)(H,36,39)/t24-,25-/m0/s1. The monoisotopic (exact) mass is 583 g/mol. The molecule has 0 spiro atoms. The Morgan fingerprint density at radius 1 is 1.17 bits per heavy atom. The van der Waals surface area contributed by atoms with Crippen LogP contribution in [-0.4, -0.2) is 52.3 Å². The molecule has 2 heterocycles. The lowest BCUT2D eigenvalue weighted by Crippen LogP contribution is -2.46. The SMILES string of the molecule is Cc1noc([C@H]2C[C@@H]2C(=O)NCc2ccc(-c3cccc(OC(F)(F)F)c3)c3c2CN(CC(=O)NC2CCC2)CC3)n1. The molecule has 3 aromatic rings. The van der Waals surface area contributed by atoms with E-state index in [1.165, 1.54) is 18.2 Å². The summed E-state index contributed by atoms with van der Waals surface area (Å²) in [6.07, 6.45) is -0.395. The van der Waals surface area contributed by atoms with Gasteiger partial charge in [0.1, 0.15) is 5.75 Å². The third kappa shape index (κ3) is 6.43. The average Bonchev–Trinajstić information content (AvgIpc) is 3.61. The van der Waals surface area contributed by atoms with Crippen molar-refractivity contribution in [1.29, 1.82) is 0 Å². The Morgan fingerprint density at radius 3 is 2.71 bits per heavy atom. The van der Waals surface area contributed by atoms with Crippen LogP contribution in [0.1, 0.15) is 60.0 Å². The summed E-state index contributed by atoms with van der Waals surface area (Å²) < 4.78 is 48.0. The Balaban J connectivity index is 1.21. The molecule has 9 nitrogen and oxygen atoms in total. The zero-order valence-corrected chi connectivity index (χ0v) is 23.2. The molecule has 2 fully saturated rings. The number of hydrogen-bond acceptors (Lipinski definition) is 7. The minimum atomic E-state index is -4.79. The van der Waals surface area contributed by atoms with Gasteiger partial charge in [-0.25, -0.2) is 0 Å². The maximum Gasteiger partial charge on any atom is 0.573 e. The highest BCUT2D eigenvalue weighted by atomic mass is 19.4. The van der Waals surface area contributed by atoms with Gasteiger partial charge >= 0.3 is 6.36 Å². The normalized spacial score (nSPS) is 20.4. The molecular formula is C30H32F3N5O4. The maximum atomic E-state index is 13.0. The highest BCUT2D eigenvalue weighted by molar-refractivity contribution is 5.82. The lowest BCUT2D eigenvalue weighted by molar-refractivity contribution is -0.274. The molecule has 0 radical (unpaired) electrons. The summed E-state index contributed by atoms with van der Waals surface area (Å²) in [5.41, 5.74) is 4.28. The van der Waals surface area contributed by atoms with E-state index in [0.717, 1.165) is 41.5 Å². The van der Waals surface area contributed by atoms with E-state index >= 15 is 0 Å². The average molecular weight is 584 g/mol. The maximum absolute atomic E-state index is 13.0. The molecule has 3 aliphatic rings. The minimum Gasteiger partial charge on any atom is -0.406 e. The fourth-order valence-electron chi connectivity index (χ4n) is 5.79. The first kappa shape index (κ1) is 28.2. The largest absolute Gasteiger partial charge is 0.573 e. The van der Waals surface area contributed by atoms with Crippen molar-refractivity contribution in [3.8, 4) is 16.9 Å². The van der Waals surface area contributed by atoms with Crippen LogP contribution in [0.4, 0.5) is 13.2 Å². The smallest absolute Gasteiger partial charge is 0.406 e. The number of aromatic nitrogens is 2. The molecule has 42 heavy (non-hydrogen) atoms. The molecule has 0 unspecified atom stereocenters. The first-order chi connectivity index (χ1) is 20.1. The lowest BCUT2D eigenvalue weighted by Gasteiger charge is -2.33. The molecular weight excluding hydrogens is 551 g/mol. The molecule has 2 saturated carbocycles. The number of rotatable bonds is 9. The van der Waals surface area contributed by atoms with E-state index in [4.69, 9.17) is 4.52 Å². The van der Waals surface area contributed by atoms with Gasteiger partial charge in [0, 0.05) is 25.7 Å². The van der Waals surface area contributed by atoms with E-state index < -0.39 is 6.36 Å². The molecule has 1 aromatic heterocycles. The fourth-order valence-corrected chi connectivity index (χ4v) is 5.79. The third-order valence-electron chi connectivity index (χ3n) is 8.24. The van der Waals surface area contributed by atoms with Gasteiger partial charge in [-0.3, -0.25) is 14.5 Å². The third-order valence-corrected chi connectivity index (χ3v) is 8.24. The quantitative estimate of drug-likeness (QED) is 0.385. The van der Waals surface area contributed by atoms with Crippen LogP contribution in [0.25, 0.3) is 11.1 Å². The Kier molecular flexibility index (Phi) is 7.65. The first-order valence-corrected chi connectivity index (χ1v) is 14.2. The zero-order chi connectivity index (χ0) is 29.4. The molecule has 0 saturated heterocycles. The second kappa shape index (κ2) is 11.4. The summed E-state index contributed by atoms with van der Waals surface area (Å²) in [5.74, 6) is 0.290. The van der Waals surface area contributed by atoms with Crippen LogP contribution in [0.3, 0.4) is 0 Å². The van der Waals surface area contributed by atoms with Gasteiger partial charge in [-0.1, -0.05) is 29.4 Å². The summed E-state index contributed by atoms with van der Waals surface area (Å²) >= 11 is 0. The Bertz CT molecular complexity index is 1490. The second-order valence-electron chi connectivity index (χ2n) is 11.3. The Hall–Kier alpha value is -3.93. The van der Waals surface area contributed by atoms with Crippen LogP contribution in [0, 0.1) is 12.8 Å². The number of carbonyl (C=O) groups is 2. The van der Waals surface area contributed by atoms with E-state index in [2.05, 4.69) is 30.4 Å². The van der Waals surface area contributed by atoms with Crippen molar-refractivity contribution < 1.29 is 32.0 Å². The number of ether oxygens (including phenoxy) is 1. The Labute approximate surface area is 240 Å². The van der Waals surface area contributed by atoms with Crippen LogP contribution >= 0.6 is 0 Å². The fraction of sp³-hybridized carbons (Fsp3) is 0.467. The molecule has 2 aliphatic carbocycles. The number of aryl methyl sites for hydroxylation is 1.